The summed E-state index contributed by atoms with van der Waals surface area (Å²) in [6, 6.07) is 16.3. The predicted octanol–water partition coefficient (Wildman–Crippen LogP) is 3.20. The van der Waals surface area contributed by atoms with Gasteiger partial charge in [0.05, 0.1) is 13.2 Å². The number of nitrogens with one attached hydrogen (secondary N) is 1. The number of hydrazine groups is 1. The number of nitrogens with two attached hydrogens (primary N) is 1. The van der Waals surface area contributed by atoms with Crippen molar-refractivity contribution in [3.8, 4) is 5.75 Å². The summed E-state index contributed by atoms with van der Waals surface area (Å²) in [7, 11) is 1.67. The molecule has 0 radical (unpaired) electrons. The number of halogens is 1. The van der Waals surface area contributed by atoms with E-state index in [1.54, 1.807) is 7.11 Å². The first kappa shape index (κ1) is 14.1. The Bertz CT molecular complexity index is 545. The van der Waals surface area contributed by atoms with Crippen LogP contribution in [0.5, 0.6) is 5.75 Å². The van der Waals surface area contributed by atoms with E-state index >= 15 is 0 Å². The molecule has 2 rings (SSSR count). The highest BCUT2D eigenvalue weighted by molar-refractivity contribution is 9.10. The zero-order valence-electron chi connectivity index (χ0n) is 10.8. The topological polar surface area (TPSA) is 47.3 Å². The highest BCUT2D eigenvalue weighted by Crippen LogP contribution is 2.22. The van der Waals surface area contributed by atoms with Crippen LogP contribution in [0.4, 0.5) is 0 Å². The Morgan fingerprint density at radius 3 is 2.68 bits per heavy atom. The molecule has 100 valence electrons. The molecule has 0 bridgehead atoms. The van der Waals surface area contributed by atoms with Crippen LogP contribution in [-0.2, 0) is 6.42 Å². The Hall–Kier alpha value is -1.36. The maximum absolute atomic E-state index is 5.68. The maximum atomic E-state index is 5.68. The second kappa shape index (κ2) is 6.70. The van der Waals surface area contributed by atoms with Crippen LogP contribution in [0.1, 0.15) is 17.2 Å². The van der Waals surface area contributed by atoms with Crippen molar-refractivity contribution in [2.45, 2.75) is 12.5 Å². The average molecular weight is 321 g/mol. The number of hydrogen-bond acceptors (Lipinski definition) is 3. The van der Waals surface area contributed by atoms with E-state index in [-0.39, 0.29) is 6.04 Å². The van der Waals surface area contributed by atoms with E-state index in [1.165, 1.54) is 5.56 Å². The SMILES string of the molecule is COc1cccc(CC(NN)c2cccc(Br)c2)c1. The van der Waals surface area contributed by atoms with Crippen LogP contribution in [0, 0.1) is 0 Å². The maximum Gasteiger partial charge on any atom is 0.119 e. The fourth-order valence-electron chi connectivity index (χ4n) is 2.03. The first-order chi connectivity index (χ1) is 9.22. The monoisotopic (exact) mass is 320 g/mol. The van der Waals surface area contributed by atoms with Gasteiger partial charge < -0.3 is 4.74 Å². The zero-order valence-corrected chi connectivity index (χ0v) is 12.4. The summed E-state index contributed by atoms with van der Waals surface area (Å²) in [5.74, 6) is 6.54. The number of ether oxygens (including phenoxy) is 1. The van der Waals surface area contributed by atoms with Gasteiger partial charge in [0, 0.05) is 4.47 Å². The lowest BCUT2D eigenvalue weighted by atomic mass is 9.99. The molecule has 0 aliphatic heterocycles. The van der Waals surface area contributed by atoms with Gasteiger partial charge >= 0.3 is 0 Å². The summed E-state index contributed by atoms with van der Waals surface area (Å²) in [6.07, 6.45) is 0.810. The van der Waals surface area contributed by atoms with Gasteiger partial charge in [-0.3, -0.25) is 11.3 Å². The van der Waals surface area contributed by atoms with Gasteiger partial charge in [0.1, 0.15) is 5.75 Å². The molecule has 0 aromatic heterocycles. The number of rotatable bonds is 5. The lowest BCUT2D eigenvalue weighted by Gasteiger charge is -2.17. The number of methoxy groups -OCH3 is 1. The Morgan fingerprint density at radius 2 is 2.00 bits per heavy atom. The standard InChI is InChI=1S/C15H17BrN2O/c1-19-14-7-2-4-11(8-14)9-15(18-17)12-5-3-6-13(16)10-12/h2-8,10,15,18H,9,17H2,1H3. The summed E-state index contributed by atoms with van der Waals surface area (Å²) in [5, 5.41) is 0. The van der Waals surface area contributed by atoms with Crippen molar-refractivity contribution in [1.29, 1.82) is 0 Å². The smallest absolute Gasteiger partial charge is 0.119 e. The van der Waals surface area contributed by atoms with E-state index in [4.69, 9.17) is 10.6 Å². The molecule has 0 fully saturated rings. The molecular weight excluding hydrogens is 304 g/mol. The van der Waals surface area contributed by atoms with E-state index in [9.17, 15) is 0 Å². The van der Waals surface area contributed by atoms with Crippen LogP contribution >= 0.6 is 15.9 Å². The molecule has 1 atom stereocenters. The van der Waals surface area contributed by atoms with Crippen molar-refractivity contribution in [1.82, 2.24) is 5.43 Å². The molecule has 0 spiro atoms. The van der Waals surface area contributed by atoms with Crippen molar-refractivity contribution in [2.24, 2.45) is 5.84 Å². The lowest BCUT2D eigenvalue weighted by Crippen LogP contribution is -2.29. The van der Waals surface area contributed by atoms with Gasteiger partial charge in [0.2, 0.25) is 0 Å². The Kier molecular flexibility index (Phi) is 4.96. The fraction of sp³-hybridized carbons (Fsp3) is 0.200. The Labute approximate surface area is 121 Å². The largest absolute Gasteiger partial charge is 0.497 e. The molecule has 19 heavy (non-hydrogen) atoms. The van der Waals surface area contributed by atoms with Crippen molar-refractivity contribution in [2.75, 3.05) is 7.11 Å². The van der Waals surface area contributed by atoms with E-state index in [2.05, 4.69) is 39.6 Å². The van der Waals surface area contributed by atoms with Gasteiger partial charge in [-0.2, -0.15) is 0 Å². The fourth-order valence-corrected chi connectivity index (χ4v) is 2.45. The Morgan fingerprint density at radius 1 is 1.21 bits per heavy atom. The van der Waals surface area contributed by atoms with Gasteiger partial charge in [0.25, 0.3) is 0 Å². The molecule has 3 N–H and O–H groups in total. The van der Waals surface area contributed by atoms with Crippen molar-refractivity contribution >= 4 is 15.9 Å². The van der Waals surface area contributed by atoms with E-state index in [1.807, 2.05) is 30.3 Å². The zero-order chi connectivity index (χ0) is 13.7. The minimum absolute atomic E-state index is 0.0737. The molecular formula is C15H17BrN2O. The molecule has 2 aromatic rings. The Balaban J connectivity index is 2.18. The highest BCUT2D eigenvalue weighted by Gasteiger charge is 2.11. The van der Waals surface area contributed by atoms with Crippen molar-refractivity contribution < 1.29 is 4.74 Å². The van der Waals surface area contributed by atoms with Gasteiger partial charge in [-0.05, 0) is 41.8 Å². The third kappa shape index (κ3) is 3.80. The van der Waals surface area contributed by atoms with Crippen LogP contribution in [0.15, 0.2) is 53.0 Å². The molecule has 2 aromatic carbocycles. The molecule has 0 saturated heterocycles. The average Bonchev–Trinajstić information content (AvgIpc) is 2.45. The summed E-state index contributed by atoms with van der Waals surface area (Å²) < 4.78 is 6.29. The van der Waals surface area contributed by atoms with Crippen LogP contribution in [-0.4, -0.2) is 7.11 Å². The predicted molar refractivity (Wildman–Crippen MR) is 80.9 cm³/mol. The minimum atomic E-state index is 0.0737. The molecule has 3 nitrogen and oxygen atoms in total. The van der Waals surface area contributed by atoms with E-state index < -0.39 is 0 Å². The van der Waals surface area contributed by atoms with Gasteiger partial charge in [-0.15, -0.1) is 0 Å². The van der Waals surface area contributed by atoms with Crippen molar-refractivity contribution in [3.05, 3.63) is 64.1 Å². The van der Waals surface area contributed by atoms with Crippen LogP contribution in [0.25, 0.3) is 0 Å². The second-order valence-corrected chi connectivity index (χ2v) is 5.25. The third-order valence-electron chi connectivity index (χ3n) is 3.03. The second-order valence-electron chi connectivity index (χ2n) is 4.33. The highest BCUT2D eigenvalue weighted by atomic mass is 79.9. The van der Waals surface area contributed by atoms with Gasteiger partial charge in [0.15, 0.2) is 0 Å². The summed E-state index contributed by atoms with van der Waals surface area (Å²) >= 11 is 3.48. The van der Waals surface area contributed by atoms with Gasteiger partial charge in [-0.1, -0.05) is 40.2 Å². The minimum Gasteiger partial charge on any atom is -0.497 e. The van der Waals surface area contributed by atoms with Crippen LogP contribution in [0.2, 0.25) is 0 Å². The normalized spacial score (nSPS) is 12.2. The summed E-state index contributed by atoms with van der Waals surface area (Å²) in [6.45, 7) is 0. The summed E-state index contributed by atoms with van der Waals surface area (Å²) in [5.41, 5.74) is 5.21. The van der Waals surface area contributed by atoms with Crippen LogP contribution in [0.3, 0.4) is 0 Å². The van der Waals surface area contributed by atoms with Crippen molar-refractivity contribution in [3.63, 3.8) is 0 Å². The first-order valence-corrected chi connectivity index (χ1v) is 6.86. The molecule has 0 aliphatic carbocycles. The van der Waals surface area contributed by atoms with E-state index in [0.29, 0.717) is 0 Å². The molecule has 4 heteroatoms. The molecule has 0 amide bonds. The third-order valence-corrected chi connectivity index (χ3v) is 3.52. The summed E-state index contributed by atoms with van der Waals surface area (Å²) in [4.78, 5) is 0. The molecule has 1 unspecified atom stereocenters. The number of benzene rings is 2. The quantitative estimate of drug-likeness (QED) is 0.657. The van der Waals surface area contributed by atoms with Gasteiger partial charge in [-0.25, -0.2) is 0 Å². The first-order valence-electron chi connectivity index (χ1n) is 6.07. The van der Waals surface area contributed by atoms with Crippen LogP contribution < -0.4 is 16.0 Å². The molecule has 0 aliphatic rings. The van der Waals surface area contributed by atoms with E-state index in [0.717, 1.165) is 22.2 Å². The lowest BCUT2D eigenvalue weighted by molar-refractivity contribution is 0.414. The molecule has 0 heterocycles. The molecule has 0 saturated carbocycles. The number of hydrogen-bond donors (Lipinski definition) is 2.